The van der Waals surface area contributed by atoms with Crippen LogP contribution < -0.4 is 5.73 Å². The van der Waals surface area contributed by atoms with Gasteiger partial charge in [-0.15, -0.1) is 0 Å². The summed E-state index contributed by atoms with van der Waals surface area (Å²) in [5, 5.41) is 0. The number of pyridine rings is 1. The second-order valence-electron chi connectivity index (χ2n) is 5.70. The van der Waals surface area contributed by atoms with Gasteiger partial charge in [0, 0.05) is 31.0 Å². The number of hydrogen-bond donors (Lipinski definition) is 1. The Balaban J connectivity index is 1.97. The van der Waals surface area contributed by atoms with Gasteiger partial charge < -0.3 is 5.73 Å². The molecule has 1 saturated heterocycles. The molecule has 0 radical (unpaired) electrons. The van der Waals surface area contributed by atoms with Crippen molar-refractivity contribution < 1.29 is 8.42 Å². The zero-order valence-electron chi connectivity index (χ0n) is 12.1. The summed E-state index contributed by atoms with van der Waals surface area (Å²) in [7, 11) is -3.08. The van der Waals surface area contributed by atoms with Crippen LogP contribution in [0.5, 0.6) is 0 Å². The van der Waals surface area contributed by atoms with Crippen LogP contribution in [0.25, 0.3) is 0 Å². The van der Waals surface area contributed by atoms with E-state index in [0.29, 0.717) is 19.0 Å². The molecule has 1 aliphatic rings. The Morgan fingerprint density at radius 3 is 2.85 bits per heavy atom. The maximum Gasteiger partial charge on any atom is 0.211 e. The average molecular weight is 297 g/mol. The fraction of sp³-hybridized carbons (Fsp3) is 0.643. The largest absolute Gasteiger partial charge is 0.324 e. The summed E-state index contributed by atoms with van der Waals surface area (Å²) in [5.41, 5.74) is 8.22. The highest BCUT2D eigenvalue weighted by molar-refractivity contribution is 7.88. The van der Waals surface area contributed by atoms with Crippen LogP contribution in [0.3, 0.4) is 0 Å². The summed E-state index contributed by atoms with van der Waals surface area (Å²) >= 11 is 0. The molecule has 0 aliphatic carbocycles. The van der Waals surface area contributed by atoms with E-state index in [-0.39, 0.29) is 6.04 Å². The highest BCUT2D eigenvalue weighted by Gasteiger charge is 2.27. The molecule has 2 N–H and O–H groups in total. The van der Waals surface area contributed by atoms with Gasteiger partial charge in [-0.3, -0.25) is 4.98 Å². The van der Waals surface area contributed by atoms with E-state index >= 15 is 0 Å². The van der Waals surface area contributed by atoms with Gasteiger partial charge in [0.1, 0.15) is 0 Å². The third-order valence-corrected chi connectivity index (χ3v) is 5.17. The second kappa shape index (κ2) is 6.20. The lowest BCUT2D eigenvalue weighted by molar-refractivity contribution is 0.247. The average Bonchev–Trinajstić information content (AvgIpc) is 2.38. The van der Waals surface area contributed by atoms with Crippen LogP contribution in [0, 0.1) is 12.8 Å². The molecule has 2 unspecified atom stereocenters. The van der Waals surface area contributed by atoms with Gasteiger partial charge >= 0.3 is 0 Å². The van der Waals surface area contributed by atoms with Crippen molar-refractivity contribution in [3.05, 3.63) is 29.6 Å². The van der Waals surface area contributed by atoms with E-state index in [4.69, 9.17) is 5.73 Å². The fourth-order valence-corrected chi connectivity index (χ4v) is 3.66. The first-order chi connectivity index (χ1) is 9.36. The van der Waals surface area contributed by atoms with Crippen LogP contribution in [-0.4, -0.2) is 37.1 Å². The number of rotatable bonds is 4. The van der Waals surface area contributed by atoms with Crippen molar-refractivity contribution in [3.8, 4) is 0 Å². The molecule has 0 amide bonds. The monoisotopic (exact) mass is 297 g/mol. The van der Waals surface area contributed by atoms with Gasteiger partial charge in [-0.05, 0) is 43.7 Å². The lowest BCUT2D eigenvalue weighted by Gasteiger charge is -2.32. The van der Waals surface area contributed by atoms with E-state index in [1.165, 1.54) is 6.26 Å². The first kappa shape index (κ1) is 15.4. The topological polar surface area (TPSA) is 76.3 Å². The van der Waals surface area contributed by atoms with E-state index < -0.39 is 10.0 Å². The van der Waals surface area contributed by atoms with E-state index in [1.807, 2.05) is 25.3 Å². The van der Waals surface area contributed by atoms with E-state index in [9.17, 15) is 8.42 Å². The first-order valence-electron chi connectivity index (χ1n) is 6.99. The van der Waals surface area contributed by atoms with Crippen molar-refractivity contribution in [2.45, 2.75) is 32.2 Å². The van der Waals surface area contributed by atoms with E-state index in [2.05, 4.69) is 4.98 Å². The minimum atomic E-state index is -3.08. The van der Waals surface area contributed by atoms with Crippen molar-refractivity contribution in [1.82, 2.24) is 9.29 Å². The van der Waals surface area contributed by atoms with Crippen LogP contribution in [0.2, 0.25) is 0 Å². The van der Waals surface area contributed by atoms with E-state index in [0.717, 1.165) is 30.5 Å². The van der Waals surface area contributed by atoms with Crippen LogP contribution in [-0.2, 0) is 10.0 Å². The molecule has 0 saturated carbocycles. The van der Waals surface area contributed by atoms with Crippen molar-refractivity contribution in [1.29, 1.82) is 0 Å². The summed E-state index contributed by atoms with van der Waals surface area (Å²) in [6, 6.07) is 3.89. The fourth-order valence-electron chi connectivity index (χ4n) is 2.71. The molecule has 20 heavy (non-hydrogen) atoms. The van der Waals surface area contributed by atoms with Gasteiger partial charge in [-0.25, -0.2) is 12.7 Å². The zero-order valence-corrected chi connectivity index (χ0v) is 12.9. The second-order valence-corrected chi connectivity index (χ2v) is 7.69. The molecule has 5 nitrogen and oxygen atoms in total. The Morgan fingerprint density at radius 2 is 2.25 bits per heavy atom. The molecule has 2 atom stereocenters. The number of sulfonamides is 1. The van der Waals surface area contributed by atoms with Crippen molar-refractivity contribution in [3.63, 3.8) is 0 Å². The molecule has 2 rings (SSSR count). The number of hydrogen-bond acceptors (Lipinski definition) is 4. The number of aryl methyl sites for hydroxylation is 1. The number of aromatic nitrogens is 1. The van der Waals surface area contributed by atoms with Gasteiger partial charge in [0.2, 0.25) is 10.0 Å². The number of piperidine rings is 1. The van der Waals surface area contributed by atoms with Gasteiger partial charge in [0.25, 0.3) is 0 Å². The summed E-state index contributed by atoms with van der Waals surface area (Å²) in [6.45, 7) is 3.17. The molecular weight excluding hydrogens is 274 g/mol. The predicted octanol–water partition coefficient (Wildman–Crippen LogP) is 1.45. The highest BCUT2D eigenvalue weighted by Crippen LogP contribution is 2.26. The summed E-state index contributed by atoms with van der Waals surface area (Å²) in [4.78, 5) is 4.26. The van der Waals surface area contributed by atoms with Crippen molar-refractivity contribution in [2.75, 3.05) is 19.3 Å². The Hall–Kier alpha value is -0.980. The molecule has 1 aromatic rings. The molecule has 6 heteroatoms. The molecule has 2 heterocycles. The minimum absolute atomic E-state index is 0.0763. The Kier molecular flexibility index (Phi) is 4.78. The predicted molar refractivity (Wildman–Crippen MR) is 79.7 cm³/mol. The van der Waals surface area contributed by atoms with Crippen LogP contribution in [0.4, 0.5) is 0 Å². The quantitative estimate of drug-likeness (QED) is 0.912. The third-order valence-electron chi connectivity index (χ3n) is 3.90. The van der Waals surface area contributed by atoms with Gasteiger partial charge in [-0.1, -0.05) is 6.07 Å². The number of nitrogens with zero attached hydrogens (tertiary/aromatic N) is 2. The molecule has 1 fully saturated rings. The molecule has 112 valence electrons. The van der Waals surface area contributed by atoms with Gasteiger partial charge in [-0.2, -0.15) is 0 Å². The standard InChI is InChI=1S/C14H23N3O2S/c1-11-5-6-13(9-16-11)14(15)8-12-4-3-7-17(10-12)20(2,18)19/h5-6,9,12,14H,3-4,7-8,10,15H2,1-2H3. The van der Waals surface area contributed by atoms with Gasteiger partial charge in [0.05, 0.1) is 6.26 Å². The maximum absolute atomic E-state index is 11.6. The normalized spacial score (nSPS) is 22.6. The van der Waals surface area contributed by atoms with Crippen LogP contribution >= 0.6 is 0 Å². The smallest absolute Gasteiger partial charge is 0.211 e. The lowest BCUT2D eigenvalue weighted by atomic mass is 9.90. The minimum Gasteiger partial charge on any atom is -0.324 e. The summed E-state index contributed by atoms with van der Waals surface area (Å²) < 4.78 is 24.8. The Morgan fingerprint density at radius 1 is 1.50 bits per heavy atom. The first-order valence-corrected chi connectivity index (χ1v) is 8.84. The SMILES string of the molecule is Cc1ccc(C(N)CC2CCCN(S(C)(=O)=O)C2)cn1. The molecule has 0 bridgehead atoms. The third kappa shape index (κ3) is 4.01. The molecule has 0 spiro atoms. The highest BCUT2D eigenvalue weighted by atomic mass is 32.2. The van der Waals surface area contributed by atoms with Crippen molar-refractivity contribution >= 4 is 10.0 Å². The summed E-state index contributed by atoms with van der Waals surface area (Å²) in [6.07, 6.45) is 5.85. The van der Waals surface area contributed by atoms with Crippen LogP contribution in [0.1, 0.15) is 36.6 Å². The van der Waals surface area contributed by atoms with E-state index in [1.54, 1.807) is 4.31 Å². The van der Waals surface area contributed by atoms with Crippen molar-refractivity contribution in [2.24, 2.45) is 11.7 Å². The zero-order chi connectivity index (χ0) is 14.8. The Labute approximate surface area is 121 Å². The van der Waals surface area contributed by atoms with Crippen LogP contribution in [0.15, 0.2) is 18.3 Å². The lowest BCUT2D eigenvalue weighted by Crippen LogP contribution is -2.40. The molecule has 1 aliphatic heterocycles. The van der Waals surface area contributed by atoms with Gasteiger partial charge in [0.15, 0.2) is 0 Å². The molecular formula is C14H23N3O2S. The molecule has 0 aromatic carbocycles. The number of nitrogens with two attached hydrogens (primary N) is 1. The maximum atomic E-state index is 11.6. The Bertz CT molecular complexity index is 542. The summed E-state index contributed by atoms with van der Waals surface area (Å²) in [5.74, 6) is 0.328. The molecule has 1 aromatic heterocycles.